The number of benzene rings is 1. The lowest BCUT2D eigenvalue weighted by atomic mass is 10.2. The number of hydrogen-bond acceptors (Lipinski definition) is 4. The minimum atomic E-state index is 0. The van der Waals surface area contributed by atoms with Crippen LogP contribution in [0.2, 0.25) is 0 Å². The van der Waals surface area contributed by atoms with Crippen LogP contribution in [0.25, 0.3) is 0 Å². The van der Waals surface area contributed by atoms with Crippen molar-refractivity contribution in [2.75, 3.05) is 46.0 Å². The summed E-state index contributed by atoms with van der Waals surface area (Å²) in [7, 11) is 0. The Labute approximate surface area is 152 Å². The number of nitrogens with one attached hydrogen (secondary N) is 1. The van der Waals surface area contributed by atoms with Gasteiger partial charge in [0.2, 0.25) is 0 Å². The first-order valence-electron chi connectivity index (χ1n) is 7.72. The molecule has 1 aliphatic rings. The Morgan fingerprint density at radius 3 is 2.78 bits per heavy atom. The van der Waals surface area contributed by atoms with Crippen molar-refractivity contribution in [1.82, 2.24) is 10.2 Å². The summed E-state index contributed by atoms with van der Waals surface area (Å²) in [5.74, 6) is 0.905. The average molecular weight is 363 g/mol. The Kier molecular flexibility index (Phi) is 13.2. The summed E-state index contributed by atoms with van der Waals surface area (Å²) >= 11 is 0. The summed E-state index contributed by atoms with van der Waals surface area (Å²) in [6, 6.07) is 8.21. The van der Waals surface area contributed by atoms with E-state index in [2.05, 4.69) is 28.9 Å². The molecule has 0 bridgehead atoms. The van der Waals surface area contributed by atoms with Crippen LogP contribution in [-0.2, 0) is 11.3 Å². The van der Waals surface area contributed by atoms with Gasteiger partial charge in [-0.15, -0.1) is 24.8 Å². The third-order valence-electron chi connectivity index (χ3n) is 3.53. The number of halogens is 2. The highest BCUT2D eigenvalue weighted by Gasteiger charge is 2.08. The zero-order chi connectivity index (χ0) is 14.8. The molecule has 1 N–H and O–H groups in total. The molecule has 0 aromatic heterocycles. The predicted molar refractivity (Wildman–Crippen MR) is 100 cm³/mol. The summed E-state index contributed by atoms with van der Waals surface area (Å²) in [5, 5.41) is 3.49. The molecule has 1 fully saturated rings. The number of ether oxygens (including phenoxy) is 2. The topological polar surface area (TPSA) is 33.7 Å². The lowest BCUT2D eigenvalue weighted by Crippen LogP contribution is -2.37. The van der Waals surface area contributed by atoms with Gasteiger partial charge in [-0.3, -0.25) is 4.90 Å². The second-order valence-corrected chi connectivity index (χ2v) is 5.23. The molecular weight excluding hydrogens is 335 g/mol. The molecule has 1 aliphatic heterocycles. The molecule has 23 heavy (non-hydrogen) atoms. The molecular formula is C17H28Cl2N2O2. The summed E-state index contributed by atoms with van der Waals surface area (Å²) in [5.41, 5.74) is 1.25. The van der Waals surface area contributed by atoms with Crippen molar-refractivity contribution < 1.29 is 9.47 Å². The first-order valence-corrected chi connectivity index (χ1v) is 7.72. The molecule has 2 rings (SSSR count). The van der Waals surface area contributed by atoms with Crippen molar-refractivity contribution in [1.29, 1.82) is 0 Å². The minimum absolute atomic E-state index is 0. The van der Waals surface area contributed by atoms with Gasteiger partial charge in [0.25, 0.3) is 0 Å². The largest absolute Gasteiger partial charge is 0.490 e. The van der Waals surface area contributed by atoms with Gasteiger partial charge in [0.1, 0.15) is 12.4 Å². The van der Waals surface area contributed by atoms with Crippen molar-refractivity contribution in [2.24, 2.45) is 0 Å². The molecule has 4 nitrogen and oxygen atoms in total. The molecule has 1 saturated heterocycles. The predicted octanol–water partition coefficient (Wildman–Crippen LogP) is 2.91. The van der Waals surface area contributed by atoms with Crippen LogP contribution in [-0.4, -0.2) is 50.9 Å². The van der Waals surface area contributed by atoms with Gasteiger partial charge in [-0.25, -0.2) is 0 Å². The second-order valence-electron chi connectivity index (χ2n) is 5.23. The lowest BCUT2D eigenvalue weighted by molar-refractivity contribution is 0.0374. The van der Waals surface area contributed by atoms with Crippen LogP contribution in [0.1, 0.15) is 12.0 Å². The number of morpholine rings is 1. The highest BCUT2D eigenvalue weighted by Crippen LogP contribution is 2.13. The summed E-state index contributed by atoms with van der Waals surface area (Å²) < 4.78 is 10.9. The highest BCUT2D eigenvalue weighted by atomic mass is 35.5. The SMILES string of the molecule is C=CCOc1cccc(CNCCCN2CCOCC2)c1.Cl.Cl. The molecule has 0 aliphatic carbocycles. The maximum Gasteiger partial charge on any atom is 0.120 e. The highest BCUT2D eigenvalue weighted by molar-refractivity contribution is 5.85. The molecule has 6 heteroatoms. The summed E-state index contributed by atoms with van der Waals surface area (Å²) in [6.45, 7) is 11.2. The quantitative estimate of drug-likeness (QED) is 0.540. The van der Waals surface area contributed by atoms with Gasteiger partial charge in [0.15, 0.2) is 0 Å². The standard InChI is InChI=1S/C17H26N2O2.2ClH/c1-2-11-21-17-6-3-5-16(14-17)15-18-7-4-8-19-9-12-20-13-10-19;;/h2-3,5-6,14,18H,1,4,7-13,15H2;2*1H. The molecule has 1 aromatic rings. The third-order valence-corrected chi connectivity index (χ3v) is 3.53. The first-order chi connectivity index (χ1) is 10.4. The van der Waals surface area contributed by atoms with Crippen molar-refractivity contribution in [3.63, 3.8) is 0 Å². The van der Waals surface area contributed by atoms with Gasteiger partial charge in [-0.05, 0) is 37.2 Å². The first kappa shape index (κ1) is 22.2. The van der Waals surface area contributed by atoms with Gasteiger partial charge in [0, 0.05) is 19.6 Å². The zero-order valence-corrected chi connectivity index (χ0v) is 15.2. The van der Waals surface area contributed by atoms with Crippen molar-refractivity contribution in [2.45, 2.75) is 13.0 Å². The number of hydrogen-bond donors (Lipinski definition) is 1. The van der Waals surface area contributed by atoms with E-state index in [9.17, 15) is 0 Å². The van der Waals surface area contributed by atoms with Gasteiger partial charge in [-0.1, -0.05) is 24.8 Å². The zero-order valence-electron chi connectivity index (χ0n) is 13.5. The van der Waals surface area contributed by atoms with Crippen LogP contribution in [0.4, 0.5) is 0 Å². The van der Waals surface area contributed by atoms with E-state index in [1.54, 1.807) is 6.08 Å². The van der Waals surface area contributed by atoms with E-state index >= 15 is 0 Å². The van der Waals surface area contributed by atoms with Gasteiger partial charge in [-0.2, -0.15) is 0 Å². The van der Waals surface area contributed by atoms with E-state index in [1.807, 2.05) is 12.1 Å². The van der Waals surface area contributed by atoms with E-state index in [1.165, 1.54) is 12.0 Å². The molecule has 0 spiro atoms. The van der Waals surface area contributed by atoms with Gasteiger partial charge >= 0.3 is 0 Å². The minimum Gasteiger partial charge on any atom is -0.490 e. The number of rotatable bonds is 9. The van der Waals surface area contributed by atoms with Crippen LogP contribution in [0.15, 0.2) is 36.9 Å². The third kappa shape index (κ3) is 9.18. The van der Waals surface area contributed by atoms with E-state index in [0.29, 0.717) is 6.61 Å². The van der Waals surface area contributed by atoms with Crippen LogP contribution in [0.3, 0.4) is 0 Å². The van der Waals surface area contributed by atoms with Crippen LogP contribution >= 0.6 is 24.8 Å². The van der Waals surface area contributed by atoms with Gasteiger partial charge in [0.05, 0.1) is 13.2 Å². The Balaban J connectivity index is 0.00000242. The molecule has 0 amide bonds. The van der Waals surface area contributed by atoms with E-state index in [4.69, 9.17) is 9.47 Å². The Morgan fingerprint density at radius 2 is 2.04 bits per heavy atom. The fourth-order valence-electron chi connectivity index (χ4n) is 2.39. The maximum atomic E-state index is 5.54. The van der Waals surface area contributed by atoms with E-state index in [-0.39, 0.29) is 24.8 Å². The Bertz CT molecular complexity index is 427. The average Bonchev–Trinajstić information content (AvgIpc) is 2.54. The molecule has 0 unspecified atom stereocenters. The lowest BCUT2D eigenvalue weighted by Gasteiger charge is -2.26. The fourth-order valence-corrected chi connectivity index (χ4v) is 2.39. The monoisotopic (exact) mass is 362 g/mol. The molecule has 1 heterocycles. The smallest absolute Gasteiger partial charge is 0.120 e. The second kappa shape index (κ2) is 13.6. The van der Waals surface area contributed by atoms with Gasteiger partial charge < -0.3 is 14.8 Å². The maximum absolute atomic E-state index is 5.54. The molecule has 0 saturated carbocycles. The Morgan fingerprint density at radius 1 is 1.26 bits per heavy atom. The number of nitrogens with zero attached hydrogens (tertiary/aromatic N) is 1. The normalized spacial score (nSPS) is 14.4. The molecule has 132 valence electrons. The van der Waals surface area contributed by atoms with Crippen LogP contribution < -0.4 is 10.1 Å². The van der Waals surface area contributed by atoms with Crippen molar-refractivity contribution >= 4 is 24.8 Å². The summed E-state index contributed by atoms with van der Waals surface area (Å²) in [4.78, 5) is 2.47. The molecule has 1 aromatic carbocycles. The van der Waals surface area contributed by atoms with Crippen LogP contribution in [0, 0.1) is 0 Å². The molecule has 0 radical (unpaired) electrons. The molecule has 0 atom stereocenters. The summed E-state index contributed by atoms with van der Waals surface area (Å²) in [6.07, 6.45) is 2.93. The van der Waals surface area contributed by atoms with E-state index in [0.717, 1.165) is 51.7 Å². The van der Waals surface area contributed by atoms with Crippen LogP contribution in [0.5, 0.6) is 5.75 Å². The Hall–Kier alpha value is -0.780. The fraction of sp³-hybridized carbons (Fsp3) is 0.529. The van der Waals surface area contributed by atoms with Crippen molar-refractivity contribution in [3.05, 3.63) is 42.5 Å². The van der Waals surface area contributed by atoms with Crippen molar-refractivity contribution in [3.8, 4) is 5.75 Å². The van der Waals surface area contributed by atoms with E-state index < -0.39 is 0 Å².